The molecule has 0 bridgehead atoms. The van der Waals surface area contributed by atoms with E-state index in [2.05, 4.69) is 58.3 Å². The molecule has 1 heterocycles. The summed E-state index contributed by atoms with van der Waals surface area (Å²) < 4.78 is 6.97. The maximum atomic E-state index is 6.01. The molecule has 0 aliphatic carbocycles. The molecule has 0 aliphatic heterocycles. The summed E-state index contributed by atoms with van der Waals surface area (Å²) in [5.41, 5.74) is 3.40. The molecule has 1 aromatic heterocycles. The molecule has 2 rings (SSSR count). The lowest BCUT2D eigenvalue weighted by Gasteiger charge is -2.14. The van der Waals surface area contributed by atoms with Gasteiger partial charge in [0, 0.05) is 34.5 Å². The fraction of sp³-hybridized carbons (Fsp3) is 0.312. The van der Waals surface area contributed by atoms with Gasteiger partial charge in [-0.15, -0.1) is 0 Å². The van der Waals surface area contributed by atoms with Gasteiger partial charge in [0.15, 0.2) is 0 Å². The van der Waals surface area contributed by atoms with Crippen LogP contribution in [0.2, 0.25) is 0 Å². The van der Waals surface area contributed by atoms with E-state index in [1.807, 2.05) is 12.3 Å². The van der Waals surface area contributed by atoms with Crippen LogP contribution in [0.5, 0.6) is 5.75 Å². The van der Waals surface area contributed by atoms with Crippen molar-refractivity contribution in [3.63, 3.8) is 0 Å². The maximum Gasteiger partial charge on any atom is 0.127 e. The molecular weight excluding hydrogens is 316 g/mol. The monoisotopic (exact) mass is 334 g/mol. The highest BCUT2D eigenvalue weighted by molar-refractivity contribution is 9.10. The quantitative estimate of drug-likeness (QED) is 0.871. The van der Waals surface area contributed by atoms with E-state index in [1.54, 1.807) is 6.20 Å². The Morgan fingerprint density at radius 1 is 1.30 bits per heavy atom. The van der Waals surface area contributed by atoms with Crippen LogP contribution in [0.1, 0.15) is 23.6 Å². The molecule has 0 spiro atoms. The Bertz CT molecular complexity index is 572. The van der Waals surface area contributed by atoms with Crippen molar-refractivity contribution >= 4 is 15.9 Å². The molecule has 2 aromatic rings. The molecular formula is C16H19BrN2O. The molecule has 1 N–H and O–H groups in total. The largest absolute Gasteiger partial charge is 0.488 e. The molecule has 20 heavy (non-hydrogen) atoms. The molecule has 0 unspecified atom stereocenters. The third-order valence-corrected chi connectivity index (χ3v) is 3.44. The minimum Gasteiger partial charge on any atom is -0.488 e. The number of nitrogens with zero attached hydrogens (tertiary/aromatic N) is 1. The Hall–Kier alpha value is -1.39. The van der Waals surface area contributed by atoms with Crippen LogP contribution in [0.4, 0.5) is 0 Å². The standard InChI is InChI=1S/C16H19BrN2O/c1-3-18-9-14-6-4-5-12(2)16(14)20-11-13-7-15(17)10-19-8-13/h4-8,10,18H,3,9,11H2,1-2H3. The van der Waals surface area contributed by atoms with Crippen LogP contribution in [0.3, 0.4) is 0 Å². The minimum absolute atomic E-state index is 0.524. The van der Waals surface area contributed by atoms with Crippen molar-refractivity contribution < 1.29 is 4.74 Å². The van der Waals surface area contributed by atoms with Crippen LogP contribution < -0.4 is 10.1 Å². The highest BCUT2D eigenvalue weighted by atomic mass is 79.9. The first-order valence-electron chi connectivity index (χ1n) is 6.72. The lowest BCUT2D eigenvalue weighted by Crippen LogP contribution is -2.13. The van der Waals surface area contributed by atoms with Crippen LogP contribution in [-0.4, -0.2) is 11.5 Å². The molecule has 4 heteroatoms. The van der Waals surface area contributed by atoms with Gasteiger partial charge in [-0.2, -0.15) is 0 Å². The van der Waals surface area contributed by atoms with Crippen LogP contribution in [-0.2, 0) is 13.2 Å². The molecule has 3 nitrogen and oxygen atoms in total. The molecule has 0 radical (unpaired) electrons. The van der Waals surface area contributed by atoms with E-state index in [-0.39, 0.29) is 0 Å². The van der Waals surface area contributed by atoms with Crippen LogP contribution >= 0.6 is 15.9 Å². The van der Waals surface area contributed by atoms with E-state index in [0.29, 0.717) is 6.61 Å². The summed E-state index contributed by atoms with van der Waals surface area (Å²) in [6.07, 6.45) is 3.60. The fourth-order valence-corrected chi connectivity index (χ4v) is 2.42. The third-order valence-electron chi connectivity index (χ3n) is 3.00. The second-order valence-electron chi connectivity index (χ2n) is 4.64. The zero-order valence-corrected chi connectivity index (χ0v) is 13.4. The van der Waals surface area contributed by atoms with E-state index < -0.39 is 0 Å². The topological polar surface area (TPSA) is 34.1 Å². The van der Waals surface area contributed by atoms with E-state index in [1.165, 1.54) is 5.56 Å². The summed E-state index contributed by atoms with van der Waals surface area (Å²) >= 11 is 3.42. The number of ether oxygens (including phenoxy) is 1. The molecule has 0 atom stereocenters. The number of para-hydroxylation sites is 1. The Morgan fingerprint density at radius 2 is 2.15 bits per heavy atom. The van der Waals surface area contributed by atoms with Gasteiger partial charge in [0.05, 0.1) is 0 Å². The van der Waals surface area contributed by atoms with Gasteiger partial charge in [0.2, 0.25) is 0 Å². The SMILES string of the molecule is CCNCc1cccc(C)c1OCc1cncc(Br)c1. The number of hydrogen-bond acceptors (Lipinski definition) is 3. The number of hydrogen-bond donors (Lipinski definition) is 1. The summed E-state index contributed by atoms with van der Waals surface area (Å²) in [6, 6.07) is 8.26. The lowest BCUT2D eigenvalue weighted by atomic mass is 10.1. The van der Waals surface area contributed by atoms with Gasteiger partial charge >= 0.3 is 0 Å². The summed E-state index contributed by atoms with van der Waals surface area (Å²) in [6.45, 7) is 6.47. The Kier molecular flexibility index (Phi) is 5.56. The second-order valence-corrected chi connectivity index (χ2v) is 5.56. The molecule has 0 fully saturated rings. The number of aryl methyl sites for hydroxylation is 1. The van der Waals surface area contributed by atoms with Gasteiger partial charge < -0.3 is 10.1 Å². The molecule has 1 aromatic carbocycles. The summed E-state index contributed by atoms with van der Waals surface area (Å²) in [5.74, 6) is 0.966. The Labute approximate surface area is 128 Å². The lowest BCUT2D eigenvalue weighted by molar-refractivity contribution is 0.299. The predicted octanol–water partition coefficient (Wildman–Crippen LogP) is 3.84. The molecule has 0 saturated heterocycles. The number of benzene rings is 1. The molecule has 106 valence electrons. The first kappa shape index (κ1) is 15.0. The average Bonchev–Trinajstić information content (AvgIpc) is 2.44. The van der Waals surface area contributed by atoms with E-state index in [9.17, 15) is 0 Å². The van der Waals surface area contributed by atoms with Gasteiger partial charge in [-0.05, 0) is 41.0 Å². The average molecular weight is 335 g/mol. The summed E-state index contributed by atoms with van der Waals surface area (Å²) in [4.78, 5) is 4.15. The van der Waals surface area contributed by atoms with Crippen molar-refractivity contribution in [2.45, 2.75) is 27.0 Å². The fourth-order valence-electron chi connectivity index (χ4n) is 2.01. The first-order chi connectivity index (χ1) is 9.70. The molecule has 0 saturated carbocycles. The van der Waals surface area contributed by atoms with Crippen molar-refractivity contribution in [2.75, 3.05) is 6.54 Å². The van der Waals surface area contributed by atoms with Crippen LogP contribution in [0.25, 0.3) is 0 Å². The van der Waals surface area contributed by atoms with E-state index in [0.717, 1.165) is 34.4 Å². The smallest absolute Gasteiger partial charge is 0.127 e. The Balaban J connectivity index is 2.11. The van der Waals surface area contributed by atoms with Gasteiger partial charge in [-0.1, -0.05) is 25.1 Å². The highest BCUT2D eigenvalue weighted by Gasteiger charge is 2.07. The number of pyridine rings is 1. The van der Waals surface area contributed by atoms with Crippen molar-refractivity contribution in [3.8, 4) is 5.75 Å². The predicted molar refractivity (Wildman–Crippen MR) is 84.8 cm³/mol. The molecule has 0 aliphatic rings. The van der Waals surface area contributed by atoms with Crippen LogP contribution in [0, 0.1) is 6.92 Å². The Morgan fingerprint density at radius 3 is 2.90 bits per heavy atom. The van der Waals surface area contributed by atoms with Gasteiger partial charge in [-0.25, -0.2) is 0 Å². The van der Waals surface area contributed by atoms with E-state index in [4.69, 9.17) is 4.74 Å². The van der Waals surface area contributed by atoms with Gasteiger partial charge in [-0.3, -0.25) is 4.98 Å². The third kappa shape index (κ3) is 4.05. The van der Waals surface area contributed by atoms with Crippen molar-refractivity contribution in [3.05, 3.63) is 57.8 Å². The van der Waals surface area contributed by atoms with Crippen LogP contribution in [0.15, 0.2) is 41.1 Å². The summed E-state index contributed by atoms with van der Waals surface area (Å²) in [5, 5.41) is 3.34. The van der Waals surface area contributed by atoms with Crippen molar-refractivity contribution in [2.24, 2.45) is 0 Å². The second kappa shape index (κ2) is 7.41. The number of rotatable bonds is 6. The molecule has 0 amide bonds. The number of halogens is 1. The highest BCUT2D eigenvalue weighted by Crippen LogP contribution is 2.24. The van der Waals surface area contributed by atoms with Gasteiger partial charge in [0.25, 0.3) is 0 Å². The number of aromatic nitrogens is 1. The maximum absolute atomic E-state index is 6.01. The zero-order chi connectivity index (χ0) is 14.4. The van der Waals surface area contributed by atoms with E-state index >= 15 is 0 Å². The first-order valence-corrected chi connectivity index (χ1v) is 7.51. The number of nitrogens with one attached hydrogen (secondary N) is 1. The normalized spacial score (nSPS) is 10.6. The zero-order valence-electron chi connectivity index (χ0n) is 11.8. The van der Waals surface area contributed by atoms with Crippen molar-refractivity contribution in [1.82, 2.24) is 10.3 Å². The van der Waals surface area contributed by atoms with Crippen molar-refractivity contribution in [1.29, 1.82) is 0 Å². The summed E-state index contributed by atoms with van der Waals surface area (Å²) in [7, 11) is 0. The minimum atomic E-state index is 0.524. The van der Waals surface area contributed by atoms with Gasteiger partial charge in [0.1, 0.15) is 12.4 Å².